The second-order valence-corrected chi connectivity index (χ2v) is 5.52. The summed E-state index contributed by atoms with van der Waals surface area (Å²) in [4.78, 5) is 0. The summed E-state index contributed by atoms with van der Waals surface area (Å²) in [6.07, 6.45) is -4.00. The van der Waals surface area contributed by atoms with Crippen molar-refractivity contribution in [3.8, 4) is 0 Å². The Labute approximate surface area is 129 Å². The van der Waals surface area contributed by atoms with Crippen molar-refractivity contribution in [3.63, 3.8) is 0 Å². The van der Waals surface area contributed by atoms with E-state index in [2.05, 4.69) is 0 Å². The van der Waals surface area contributed by atoms with Gasteiger partial charge in [-0.05, 0) is 18.4 Å². The van der Waals surface area contributed by atoms with E-state index in [1.807, 2.05) is 30.3 Å². The van der Waals surface area contributed by atoms with E-state index in [0.29, 0.717) is 6.61 Å². The summed E-state index contributed by atoms with van der Waals surface area (Å²) in [6, 6.07) is 9.99. The molecule has 0 aromatic heterocycles. The van der Waals surface area contributed by atoms with Crippen LogP contribution in [0.4, 0.5) is 0 Å². The lowest BCUT2D eigenvalue weighted by atomic mass is 10.0. The van der Waals surface area contributed by atoms with E-state index >= 15 is 0 Å². The second kappa shape index (κ2) is 8.57. The van der Waals surface area contributed by atoms with Crippen LogP contribution < -0.4 is 0 Å². The molecule has 2 rings (SSSR count). The van der Waals surface area contributed by atoms with Gasteiger partial charge in [0.1, 0.15) is 30.5 Å². The number of hydrogen-bond acceptors (Lipinski definition) is 6. The van der Waals surface area contributed by atoms with Gasteiger partial charge in [-0.1, -0.05) is 30.3 Å². The van der Waals surface area contributed by atoms with Crippen molar-refractivity contribution >= 4 is 0 Å². The summed E-state index contributed by atoms with van der Waals surface area (Å²) in [7, 11) is 0. The van der Waals surface area contributed by atoms with Gasteiger partial charge in [0.15, 0.2) is 0 Å². The zero-order valence-electron chi connectivity index (χ0n) is 12.4. The lowest BCUT2D eigenvalue weighted by Gasteiger charge is -2.25. The summed E-state index contributed by atoms with van der Waals surface area (Å²) < 4.78 is 10.9. The maximum absolute atomic E-state index is 10.0. The van der Waals surface area contributed by atoms with Gasteiger partial charge in [0.25, 0.3) is 0 Å². The van der Waals surface area contributed by atoms with Crippen LogP contribution in [-0.2, 0) is 15.9 Å². The highest BCUT2D eigenvalue weighted by Crippen LogP contribution is 2.18. The normalized spacial score (nSPS) is 32.6. The van der Waals surface area contributed by atoms with Gasteiger partial charge in [-0.15, -0.1) is 0 Å². The Balaban J connectivity index is 1.79. The molecule has 0 aliphatic carbocycles. The van der Waals surface area contributed by atoms with E-state index in [4.69, 9.17) is 14.6 Å². The lowest BCUT2D eigenvalue weighted by molar-refractivity contribution is -0.115. The predicted molar refractivity (Wildman–Crippen MR) is 79.3 cm³/mol. The number of ether oxygens (including phenoxy) is 2. The summed E-state index contributed by atoms with van der Waals surface area (Å²) in [5.74, 6) is 0. The smallest absolute Gasteiger partial charge is 0.111 e. The van der Waals surface area contributed by atoms with E-state index < -0.39 is 37.1 Å². The first-order valence-electron chi connectivity index (χ1n) is 7.55. The molecule has 0 saturated carbocycles. The van der Waals surface area contributed by atoms with Crippen LogP contribution >= 0.6 is 0 Å². The molecule has 0 radical (unpaired) electrons. The van der Waals surface area contributed by atoms with Crippen LogP contribution in [-0.4, -0.2) is 70.8 Å². The molecule has 1 aromatic carbocycles. The van der Waals surface area contributed by atoms with Crippen molar-refractivity contribution in [1.29, 1.82) is 0 Å². The van der Waals surface area contributed by atoms with Crippen molar-refractivity contribution in [1.82, 2.24) is 0 Å². The topological polar surface area (TPSA) is 99.4 Å². The molecule has 1 aliphatic rings. The molecule has 6 nitrogen and oxygen atoms in total. The fourth-order valence-corrected chi connectivity index (χ4v) is 2.52. The largest absolute Gasteiger partial charge is 0.394 e. The van der Waals surface area contributed by atoms with Crippen molar-refractivity contribution < 1.29 is 29.9 Å². The Morgan fingerprint density at radius 3 is 2.45 bits per heavy atom. The highest BCUT2D eigenvalue weighted by molar-refractivity contribution is 5.14. The predicted octanol–water partition coefficient (Wildman–Crippen LogP) is -0.522. The van der Waals surface area contributed by atoms with E-state index in [1.165, 1.54) is 5.56 Å². The third-order valence-electron chi connectivity index (χ3n) is 3.90. The molecule has 5 atom stereocenters. The van der Waals surface area contributed by atoms with Crippen LogP contribution in [0.3, 0.4) is 0 Å². The Morgan fingerprint density at radius 2 is 1.77 bits per heavy atom. The summed E-state index contributed by atoms with van der Waals surface area (Å²) in [5.41, 5.74) is 1.21. The van der Waals surface area contributed by atoms with Crippen molar-refractivity contribution in [3.05, 3.63) is 35.9 Å². The van der Waals surface area contributed by atoms with Crippen LogP contribution in [0.1, 0.15) is 12.0 Å². The number of hydrogen-bond donors (Lipinski definition) is 4. The standard InChI is InChI=1S/C16H24O6/c17-9-12-14(18)16(20)15(19)13(10-22-12)21-8-4-7-11-5-2-1-3-6-11/h1-3,5-6,12-20H,4,7-10H2/t12-,13+,14-,15-,16+/m1/s1. The minimum Gasteiger partial charge on any atom is -0.394 e. The molecule has 0 spiro atoms. The quantitative estimate of drug-likeness (QED) is 0.528. The molecule has 0 amide bonds. The Morgan fingerprint density at radius 1 is 1.05 bits per heavy atom. The van der Waals surface area contributed by atoms with Gasteiger partial charge in [0.2, 0.25) is 0 Å². The Bertz CT molecular complexity index is 426. The SMILES string of the molecule is OC[C@H]1OC[C@H](OCCCc2ccccc2)[C@@H](O)[C@@H](O)[C@@H]1O. The first-order chi connectivity index (χ1) is 10.6. The zero-order valence-corrected chi connectivity index (χ0v) is 12.4. The van der Waals surface area contributed by atoms with Gasteiger partial charge >= 0.3 is 0 Å². The molecular formula is C16H24O6. The van der Waals surface area contributed by atoms with Gasteiger partial charge in [-0.3, -0.25) is 0 Å². The lowest BCUT2D eigenvalue weighted by Crippen LogP contribution is -2.47. The van der Waals surface area contributed by atoms with Crippen LogP contribution in [0.25, 0.3) is 0 Å². The van der Waals surface area contributed by atoms with Crippen molar-refractivity contribution in [2.24, 2.45) is 0 Å². The van der Waals surface area contributed by atoms with Crippen LogP contribution in [0, 0.1) is 0 Å². The Hall–Kier alpha value is -1.02. The minimum atomic E-state index is -1.40. The number of aliphatic hydroxyl groups is 4. The monoisotopic (exact) mass is 312 g/mol. The van der Waals surface area contributed by atoms with Crippen LogP contribution in [0.5, 0.6) is 0 Å². The zero-order chi connectivity index (χ0) is 15.9. The molecule has 124 valence electrons. The number of benzene rings is 1. The Kier molecular flexibility index (Phi) is 6.75. The molecule has 1 heterocycles. The average molecular weight is 312 g/mol. The molecule has 1 aromatic rings. The third kappa shape index (κ3) is 4.49. The summed E-state index contributed by atoms with van der Waals surface area (Å²) >= 11 is 0. The molecule has 0 bridgehead atoms. The molecule has 6 heteroatoms. The van der Waals surface area contributed by atoms with E-state index in [9.17, 15) is 15.3 Å². The molecular weight excluding hydrogens is 288 g/mol. The van der Waals surface area contributed by atoms with Crippen LogP contribution in [0.15, 0.2) is 30.3 Å². The highest BCUT2D eigenvalue weighted by atomic mass is 16.6. The van der Waals surface area contributed by atoms with Crippen LogP contribution in [0.2, 0.25) is 0 Å². The fraction of sp³-hybridized carbons (Fsp3) is 0.625. The molecule has 0 unspecified atom stereocenters. The van der Waals surface area contributed by atoms with Gasteiger partial charge in [0.05, 0.1) is 13.2 Å². The number of aryl methyl sites for hydroxylation is 1. The highest BCUT2D eigenvalue weighted by Gasteiger charge is 2.40. The maximum atomic E-state index is 10.0. The molecule has 22 heavy (non-hydrogen) atoms. The second-order valence-electron chi connectivity index (χ2n) is 5.52. The maximum Gasteiger partial charge on any atom is 0.111 e. The van der Waals surface area contributed by atoms with E-state index in [0.717, 1.165) is 12.8 Å². The van der Waals surface area contributed by atoms with Gasteiger partial charge < -0.3 is 29.9 Å². The first kappa shape index (κ1) is 17.3. The van der Waals surface area contributed by atoms with Crippen molar-refractivity contribution in [2.45, 2.75) is 43.4 Å². The van der Waals surface area contributed by atoms with E-state index in [-0.39, 0.29) is 6.61 Å². The minimum absolute atomic E-state index is 0.0197. The average Bonchev–Trinajstić information content (AvgIpc) is 2.65. The molecule has 1 fully saturated rings. The van der Waals surface area contributed by atoms with Gasteiger partial charge in [-0.2, -0.15) is 0 Å². The molecule has 4 N–H and O–H groups in total. The third-order valence-corrected chi connectivity index (χ3v) is 3.90. The number of rotatable bonds is 6. The van der Waals surface area contributed by atoms with Gasteiger partial charge in [0, 0.05) is 6.61 Å². The molecule has 1 saturated heterocycles. The van der Waals surface area contributed by atoms with Crippen molar-refractivity contribution in [2.75, 3.05) is 19.8 Å². The summed E-state index contributed by atoms with van der Waals surface area (Å²) in [5, 5.41) is 38.8. The first-order valence-corrected chi connectivity index (χ1v) is 7.55. The molecule has 1 aliphatic heterocycles. The fourth-order valence-electron chi connectivity index (χ4n) is 2.52. The van der Waals surface area contributed by atoms with Gasteiger partial charge in [-0.25, -0.2) is 0 Å². The summed E-state index contributed by atoms with van der Waals surface area (Å²) in [6.45, 7) is 0.00408. The number of aliphatic hydroxyl groups excluding tert-OH is 4. The van der Waals surface area contributed by atoms with E-state index in [1.54, 1.807) is 0 Å².